The second-order valence-corrected chi connectivity index (χ2v) is 4.78. The van der Waals surface area contributed by atoms with E-state index in [-0.39, 0.29) is 18.5 Å². The Balaban J connectivity index is 2.16. The second kappa shape index (κ2) is 5.08. The van der Waals surface area contributed by atoms with Gasteiger partial charge >= 0.3 is 0 Å². The number of benzene rings is 2. The zero-order chi connectivity index (χ0) is 16.0. The monoisotopic (exact) mass is 313 g/mol. The molecule has 2 nitrogen and oxygen atoms in total. The molecule has 0 atom stereocenters. The van der Waals surface area contributed by atoms with Crippen LogP contribution < -0.4 is 4.90 Å². The largest absolute Gasteiger partial charge is 0.303 e. The van der Waals surface area contributed by atoms with Crippen molar-refractivity contribution in [1.29, 1.82) is 0 Å². The number of rotatable bonds is 1. The zero-order valence-electron chi connectivity index (χ0n) is 11.0. The number of carbonyl (C=O) groups is 1. The molecule has 0 saturated carbocycles. The molecule has 7 heteroatoms. The number of hydrogen-bond acceptors (Lipinski definition) is 1. The summed E-state index contributed by atoms with van der Waals surface area (Å²) in [5.41, 5.74) is -0.374. The molecule has 3 rings (SSSR count). The van der Waals surface area contributed by atoms with Gasteiger partial charge in [0.15, 0.2) is 23.3 Å². The Hall–Kier alpha value is -2.44. The first-order chi connectivity index (χ1) is 10.4. The van der Waals surface area contributed by atoms with Crippen LogP contribution in [-0.2, 0) is 6.42 Å². The molecular formula is C15H8F5NO. The smallest absolute Gasteiger partial charge is 0.258 e. The molecule has 0 unspecified atom stereocenters. The molecule has 1 amide bonds. The molecule has 0 saturated heterocycles. The molecule has 0 aliphatic carbocycles. The molecule has 0 radical (unpaired) electrons. The summed E-state index contributed by atoms with van der Waals surface area (Å²) in [6.45, 7) is -0.172. The molecule has 0 bridgehead atoms. The van der Waals surface area contributed by atoms with Crippen LogP contribution in [0, 0.1) is 29.1 Å². The highest BCUT2D eigenvalue weighted by molar-refractivity contribution is 6.08. The van der Waals surface area contributed by atoms with E-state index in [0.717, 1.165) is 0 Å². The van der Waals surface area contributed by atoms with Crippen LogP contribution in [0.5, 0.6) is 0 Å². The van der Waals surface area contributed by atoms with Gasteiger partial charge in [-0.05, 0) is 18.1 Å². The van der Waals surface area contributed by atoms with Crippen molar-refractivity contribution in [3.63, 3.8) is 0 Å². The van der Waals surface area contributed by atoms with Crippen molar-refractivity contribution in [3.8, 4) is 0 Å². The number of carbonyl (C=O) groups excluding carboxylic acids is 1. The van der Waals surface area contributed by atoms with Crippen molar-refractivity contribution in [2.45, 2.75) is 6.42 Å². The lowest BCUT2D eigenvalue weighted by molar-refractivity contribution is 0.0978. The van der Waals surface area contributed by atoms with Crippen molar-refractivity contribution >= 4 is 11.6 Å². The molecule has 2 aromatic rings. The molecule has 0 fully saturated rings. The maximum Gasteiger partial charge on any atom is 0.258 e. The Morgan fingerprint density at radius 3 is 2.00 bits per heavy atom. The van der Waals surface area contributed by atoms with Crippen LogP contribution in [-0.4, -0.2) is 12.5 Å². The van der Waals surface area contributed by atoms with Gasteiger partial charge in [-0.3, -0.25) is 4.79 Å². The third-order valence-electron chi connectivity index (χ3n) is 3.55. The average Bonchev–Trinajstić information content (AvgIpc) is 2.53. The summed E-state index contributed by atoms with van der Waals surface area (Å²) < 4.78 is 67.3. The summed E-state index contributed by atoms with van der Waals surface area (Å²) in [4.78, 5) is 12.9. The second-order valence-electron chi connectivity index (χ2n) is 4.78. The van der Waals surface area contributed by atoms with Crippen molar-refractivity contribution in [2.24, 2.45) is 0 Å². The summed E-state index contributed by atoms with van der Waals surface area (Å²) >= 11 is 0. The molecule has 1 heterocycles. The van der Waals surface area contributed by atoms with Crippen LogP contribution in [0.3, 0.4) is 0 Å². The molecular weight excluding hydrogens is 305 g/mol. The van der Waals surface area contributed by atoms with E-state index < -0.39 is 40.7 Å². The van der Waals surface area contributed by atoms with Crippen molar-refractivity contribution in [1.82, 2.24) is 0 Å². The number of anilines is 1. The first-order valence-corrected chi connectivity index (χ1v) is 6.34. The van der Waals surface area contributed by atoms with Gasteiger partial charge in [-0.1, -0.05) is 18.2 Å². The first kappa shape index (κ1) is 14.5. The molecule has 0 N–H and O–H groups in total. The molecule has 114 valence electrons. The number of halogens is 5. The lowest BCUT2D eigenvalue weighted by Gasteiger charge is -2.29. The third kappa shape index (κ3) is 1.96. The Labute approximate surface area is 121 Å². The molecule has 0 aromatic heterocycles. The highest BCUT2D eigenvalue weighted by Gasteiger charge is 2.34. The number of nitrogens with zero attached hydrogens (tertiary/aromatic N) is 1. The van der Waals surface area contributed by atoms with Gasteiger partial charge in [0, 0.05) is 12.1 Å². The normalized spacial score (nSPS) is 14.2. The van der Waals surface area contributed by atoms with Gasteiger partial charge in [-0.15, -0.1) is 0 Å². The predicted octanol–water partition coefficient (Wildman–Crippen LogP) is 3.59. The Morgan fingerprint density at radius 2 is 1.36 bits per heavy atom. The van der Waals surface area contributed by atoms with Crippen LogP contribution in [0.4, 0.5) is 27.6 Å². The average molecular weight is 313 g/mol. The number of amides is 1. The molecule has 2 aromatic carbocycles. The van der Waals surface area contributed by atoms with Crippen LogP contribution in [0.1, 0.15) is 15.9 Å². The van der Waals surface area contributed by atoms with E-state index in [1.807, 2.05) is 0 Å². The van der Waals surface area contributed by atoms with E-state index in [9.17, 15) is 26.7 Å². The quantitative estimate of drug-likeness (QED) is 0.448. The van der Waals surface area contributed by atoms with E-state index in [1.54, 1.807) is 18.2 Å². The van der Waals surface area contributed by atoms with Gasteiger partial charge in [-0.25, -0.2) is 22.0 Å². The van der Waals surface area contributed by atoms with E-state index >= 15 is 0 Å². The lowest BCUT2D eigenvalue weighted by atomic mass is 9.98. The van der Waals surface area contributed by atoms with E-state index in [1.165, 1.54) is 6.07 Å². The summed E-state index contributed by atoms with van der Waals surface area (Å²) in [6.07, 6.45) is 0.251. The minimum atomic E-state index is -2.25. The van der Waals surface area contributed by atoms with Crippen LogP contribution in [0.15, 0.2) is 24.3 Å². The first-order valence-electron chi connectivity index (χ1n) is 6.34. The van der Waals surface area contributed by atoms with Crippen LogP contribution in [0.25, 0.3) is 0 Å². The minimum absolute atomic E-state index is 0.172. The summed E-state index contributed by atoms with van der Waals surface area (Å²) in [7, 11) is 0. The fraction of sp³-hybridized carbons (Fsp3) is 0.133. The standard InChI is InChI=1S/C15H8F5NO/c16-9-10(17)12(19)14(13(20)11(9)18)21-6-5-7-3-1-2-4-8(7)15(21)22/h1-4H,5-6H2. The van der Waals surface area contributed by atoms with Crippen molar-refractivity contribution in [2.75, 3.05) is 11.4 Å². The SMILES string of the molecule is O=C1c2ccccc2CCN1c1c(F)c(F)c(F)c(F)c1F. The zero-order valence-corrected chi connectivity index (χ0v) is 11.0. The van der Waals surface area contributed by atoms with Gasteiger partial charge < -0.3 is 4.90 Å². The number of fused-ring (bicyclic) bond motifs is 1. The summed E-state index contributed by atoms with van der Waals surface area (Å²) in [6, 6.07) is 6.36. The van der Waals surface area contributed by atoms with Gasteiger partial charge in [-0.2, -0.15) is 0 Å². The maximum atomic E-state index is 13.8. The van der Waals surface area contributed by atoms with Crippen molar-refractivity contribution < 1.29 is 26.7 Å². The highest BCUT2D eigenvalue weighted by atomic mass is 19.2. The molecule has 1 aliphatic heterocycles. The predicted molar refractivity (Wildman–Crippen MR) is 68.1 cm³/mol. The lowest BCUT2D eigenvalue weighted by Crippen LogP contribution is -2.39. The van der Waals surface area contributed by atoms with E-state index in [4.69, 9.17) is 0 Å². The molecule has 1 aliphatic rings. The highest BCUT2D eigenvalue weighted by Crippen LogP contribution is 2.33. The summed E-state index contributed by atoms with van der Waals surface area (Å²) in [5.74, 6) is -11.2. The van der Waals surface area contributed by atoms with E-state index in [2.05, 4.69) is 0 Å². The van der Waals surface area contributed by atoms with Gasteiger partial charge in [0.1, 0.15) is 5.69 Å². The number of hydrogen-bond donors (Lipinski definition) is 0. The Morgan fingerprint density at radius 1 is 0.818 bits per heavy atom. The van der Waals surface area contributed by atoms with E-state index in [0.29, 0.717) is 10.5 Å². The molecule has 22 heavy (non-hydrogen) atoms. The fourth-order valence-corrected chi connectivity index (χ4v) is 2.47. The van der Waals surface area contributed by atoms with Gasteiger partial charge in [0.2, 0.25) is 5.82 Å². The van der Waals surface area contributed by atoms with Crippen LogP contribution >= 0.6 is 0 Å². The van der Waals surface area contributed by atoms with Gasteiger partial charge in [0.25, 0.3) is 5.91 Å². The van der Waals surface area contributed by atoms with Crippen molar-refractivity contribution in [3.05, 3.63) is 64.5 Å². The Bertz CT molecular complexity index is 761. The fourth-order valence-electron chi connectivity index (χ4n) is 2.47. The molecule has 0 spiro atoms. The maximum absolute atomic E-state index is 13.8. The summed E-state index contributed by atoms with van der Waals surface area (Å²) in [5, 5.41) is 0. The van der Waals surface area contributed by atoms with Gasteiger partial charge in [0.05, 0.1) is 0 Å². The van der Waals surface area contributed by atoms with Crippen LogP contribution in [0.2, 0.25) is 0 Å². The minimum Gasteiger partial charge on any atom is -0.303 e. The topological polar surface area (TPSA) is 20.3 Å². The Kier molecular flexibility index (Phi) is 3.35. The third-order valence-corrected chi connectivity index (χ3v) is 3.55.